The summed E-state index contributed by atoms with van der Waals surface area (Å²) in [5.74, 6) is 0. The lowest BCUT2D eigenvalue weighted by Gasteiger charge is -2.18. The monoisotopic (exact) mass is 309 g/mol. The highest BCUT2D eigenvalue weighted by molar-refractivity contribution is 7.15. The number of aromatic nitrogens is 1. The maximum atomic E-state index is 4.89. The van der Waals surface area contributed by atoms with Gasteiger partial charge in [0.05, 0.1) is 12.2 Å². The molecule has 2 heterocycles. The molecular weight excluding hydrogens is 286 g/mol. The van der Waals surface area contributed by atoms with Crippen LogP contribution in [0, 0.1) is 0 Å². The fourth-order valence-electron chi connectivity index (χ4n) is 2.07. The van der Waals surface area contributed by atoms with E-state index in [2.05, 4.69) is 55.5 Å². The Morgan fingerprint density at radius 2 is 2.10 bits per heavy atom. The highest BCUT2D eigenvalue weighted by Crippen LogP contribution is 2.34. The van der Waals surface area contributed by atoms with Crippen LogP contribution in [0.4, 0.5) is 5.13 Å². The van der Waals surface area contributed by atoms with E-state index in [-0.39, 0.29) is 5.41 Å². The Labute approximate surface area is 129 Å². The molecule has 2 aromatic rings. The maximum Gasteiger partial charge on any atom is 0.185 e. The average molecular weight is 310 g/mol. The normalized spacial score (nSPS) is 11.8. The molecule has 0 aliphatic rings. The summed E-state index contributed by atoms with van der Waals surface area (Å²) in [6.45, 7) is 8.49. The van der Waals surface area contributed by atoms with Crippen molar-refractivity contribution in [2.24, 2.45) is 0 Å². The molecule has 0 aliphatic carbocycles. The number of nitrogens with one attached hydrogen (secondary N) is 1. The predicted octanol–water partition coefficient (Wildman–Crippen LogP) is 3.86. The van der Waals surface area contributed by atoms with Gasteiger partial charge in [0.15, 0.2) is 5.13 Å². The van der Waals surface area contributed by atoms with E-state index in [9.17, 15) is 0 Å². The summed E-state index contributed by atoms with van der Waals surface area (Å²) in [4.78, 5) is 9.84. The molecule has 110 valence electrons. The van der Waals surface area contributed by atoms with Gasteiger partial charge in [-0.05, 0) is 18.5 Å². The van der Waals surface area contributed by atoms with Crippen LogP contribution < -0.4 is 10.2 Å². The van der Waals surface area contributed by atoms with Gasteiger partial charge in [-0.15, -0.1) is 22.7 Å². The lowest BCUT2D eigenvalue weighted by atomic mass is 9.91. The summed E-state index contributed by atoms with van der Waals surface area (Å²) in [5, 5.41) is 6.48. The third-order valence-corrected chi connectivity index (χ3v) is 5.06. The molecule has 0 radical (unpaired) electrons. The number of anilines is 1. The van der Waals surface area contributed by atoms with Crippen molar-refractivity contribution in [3.8, 4) is 0 Å². The second-order valence-corrected chi connectivity index (χ2v) is 8.08. The molecule has 0 bridgehead atoms. The topological polar surface area (TPSA) is 28.2 Å². The molecule has 2 aromatic heterocycles. The Balaban J connectivity index is 2.23. The van der Waals surface area contributed by atoms with Crippen molar-refractivity contribution < 1.29 is 0 Å². The van der Waals surface area contributed by atoms with Crippen molar-refractivity contribution in [3.63, 3.8) is 0 Å². The molecule has 0 saturated carbocycles. The van der Waals surface area contributed by atoms with E-state index in [1.807, 2.05) is 7.05 Å². The molecule has 0 fully saturated rings. The summed E-state index contributed by atoms with van der Waals surface area (Å²) < 4.78 is 0. The minimum absolute atomic E-state index is 0.0880. The van der Waals surface area contributed by atoms with Crippen LogP contribution in [0.15, 0.2) is 17.5 Å². The summed E-state index contributed by atoms with van der Waals surface area (Å²) in [6.07, 6.45) is 0. The van der Waals surface area contributed by atoms with E-state index in [1.54, 1.807) is 22.7 Å². The molecule has 0 saturated heterocycles. The highest BCUT2D eigenvalue weighted by Gasteiger charge is 2.24. The quantitative estimate of drug-likeness (QED) is 0.909. The molecule has 1 N–H and O–H groups in total. The zero-order chi connectivity index (χ0) is 14.8. The first-order chi connectivity index (χ1) is 9.41. The van der Waals surface area contributed by atoms with Gasteiger partial charge in [-0.1, -0.05) is 26.8 Å². The second-order valence-electron chi connectivity index (χ2n) is 5.98. The number of rotatable bonds is 5. The van der Waals surface area contributed by atoms with E-state index < -0.39 is 0 Å². The fraction of sp³-hybridized carbons (Fsp3) is 0.533. The van der Waals surface area contributed by atoms with E-state index in [1.165, 1.54) is 15.4 Å². The standard InChI is InChI=1S/C15H23N3S2/c1-15(2,3)13-12(9-16-4)20-14(17-13)18(5)10-11-7-6-8-19-11/h6-8,16H,9-10H2,1-5H3. The fourth-order valence-corrected chi connectivity index (χ4v) is 4.07. The lowest BCUT2D eigenvalue weighted by molar-refractivity contribution is 0.563. The van der Waals surface area contributed by atoms with Crippen molar-refractivity contribution >= 4 is 27.8 Å². The number of thiazole rings is 1. The molecule has 2 rings (SSSR count). The molecular formula is C15H23N3S2. The predicted molar refractivity (Wildman–Crippen MR) is 90.0 cm³/mol. The Bertz CT molecular complexity index is 538. The first kappa shape index (κ1) is 15.5. The third kappa shape index (κ3) is 3.59. The van der Waals surface area contributed by atoms with Crippen LogP contribution in [0.3, 0.4) is 0 Å². The molecule has 0 aliphatic heterocycles. The van der Waals surface area contributed by atoms with Crippen LogP contribution in [0.25, 0.3) is 0 Å². The van der Waals surface area contributed by atoms with Crippen molar-refractivity contribution in [1.29, 1.82) is 0 Å². The highest BCUT2D eigenvalue weighted by atomic mass is 32.1. The molecule has 0 aromatic carbocycles. The van der Waals surface area contributed by atoms with E-state index >= 15 is 0 Å². The van der Waals surface area contributed by atoms with Crippen molar-refractivity contribution in [3.05, 3.63) is 33.0 Å². The van der Waals surface area contributed by atoms with Crippen LogP contribution in [-0.4, -0.2) is 19.1 Å². The third-order valence-electron chi connectivity index (χ3n) is 3.03. The van der Waals surface area contributed by atoms with Gasteiger partial charge in [-0.25, -0.2) is 4.98 Å². The van der Waals surface area contributed by atoms with Gasteiger partial charge in [-0.2, -0.15) is 0 Å². The number of hydrogen-bond acceptors (Lipinski definition) is 5. The summed E-state index contributed by atoms with van der Waals surface area (Å²) in [7, 11) is 4.11. The van der Waals surface area contributed by atoms with Crippen LogP contribution in [-0.2, 0) is 18.5 Å². The molecule has 3 nitrogen and oxygen atoms in total. The summed E-state index contributed by atoms with van der Waals surface area (Å²) in [5.41, 5.74) is 1.30. The Kier molecular flexibility index (Phi) is 4.83. The minimum atomic E-state index is 0.0880. The van der Waals surface area contributed by atoms with Gasteiger partial charge >= 0.3 is 0 Å². The van der Waals surface area contributed by atoms with Crippen LogP contribution in [0.2, 0.25) is 0 Å². The van der Waals surface area contributed by atoms with Crippen molar-refractivity contribution in [1.82, 2.24) is 10.3 Å². The van der Waals surface area contributed by atoms with E-state index in [4.69, 9.17) is 4.98 Å². The number of hydrogen-bond donors (Lipinski definition) is 1. The van der Waals surface area contributed by atoms with Crippen LogP contribution >= 0.6 is 22.7 Å². The van der Waals surface area contributed by atoms with Gasteiger partial charge < -0.3 is 10.2 Å². The Morgan fingerprint density at radius 1 is 1.35 bits per heavy atom. The lowest BCUT2D eigenvalue weighted by Crippen LogP contribution is -2.18. The Morgan fingerprint density at radius 3 is 2.65 bits per heavy atom. The van der Waals surface area contributed by atoms with Gasteiger partial charge in [0, 0.05) is 28.8 Å². The van der Waals surface area contributed by atoms with E-state index in [0.717, 1.165) is 18.2 Å². The SMILES string of the molecule is CNCc1sc(N(C)Cc2cccs2)nc1C(C)(C)C. The summed E-state index contributed by atoms with van der Waals surface area (Å²) >= 11 is 3.59. The van der Waals surface area contributed by atoms with Gasteiger partial charge in [0.1, 0.15) is 0 Å². The van der Waals surface area contributed by atoms with Crippen molar-refractivity contribution in [2.45, 2.75) is 39.3 Å². The number of nitrogens with zero attached hydrogens (tertiary/aromatic N) is 2. The molecule has 20 heavy (non-hydrogen) atoms. The molecule has 0 atom stereocenters. The molecule has 0 spiro atoms. The number of thiophene rings is 1. The van der Waals surface area contributed by atoms with E-state index in [0.29, 0.717) is 0 Å². The van der Waals surface area contributed by atoms with Gasteiger partial charge in [0.25, 0.3) is 0 Å². The minimum Gasteiger partial charge on any atom is -0.346 e. The molecule has 5 heteroatoms. The zero-order valence-electron chi connectivity index (χ0n) is 12.9. The van der Waals surface area contributed by atoms with Gasteiger partial charge in [-0.3, -0.25) is 0 Å². The first-order valence-electron chi connectivity index (χ1n) is 6.80. The van der Waals surface area contributed by atoms with Crippen LogP contribution in [0.1, 0.15) is 36.2 Å². The summed E-state index contributed by atoms with van der Waals surface area (Å²) in [6, 6.07) is 4.27. The van der Waals surface area contributed by atoms with Crippen LogP contribution in [0.5, 0.6) is 0 Å². The second kappa shape index (κ2) is 6.24. The largest absolute Gasteiger partial charge is 0.346 e. The van der Waals surface area contributed by atoms with Crippen molar-refractivity contribution in [2.75, 3.05) is 19.0 Å². The Hall–Kier alpha value is -0.910. The maximum absolute atomic E-state index is 4.89. The van der Waals surface area contributed by atoms with Gasteiger partial charge in [0.2, 0.25) is 0 Å². The smallest absolute Gasteiger partial charge is 0.185 e. The first-order valence-corrected chi connectivity index (χ1v) is 8.49. The zero-order valence-corrected chi connectivity index (χ0v) is 14.5. The average Bonchev–Trinajstić information content (AvgIpc) is 2.97. The molecule has 0 unspecified atom stereocenters. The molecule has 0 amide bonds.